The fourth-order valence-electron chi connectivity index (χ4n) is 1.36. The molecule has 0 aliphatic rings. The van der Waals surface area contributed by atoms with E-state index in [1.165, 1.54) is 0 Å². The summed E-state index contributed by atoms with van der Waals surface area (Å²) in [6, 6.07) is 8.32. The lowest BCUT2D eigenvalue weighted by Gasteiger charge is -2.33. The van der Waals surface area contributed by atoms with Crippen LogP contribution in [0.5, 0.6) is 0 Å². The van der Waals surface area contributed by atoms with Gasteiger partial charge in [-0.05, 0) is 25.0 Å². The SMILES string of the molecule is CC(C)C(C)(CN)NS(=O)(=O)c1ccccc1. The van der Waals surface area contributed by atoms with E-state index in [4.69, 9.17) is 5.73 Å². The van der Waals surface area contributed by atoms with Crippen LogP contribution < -0.4 is 10.5 Å². The third-order valence-electron chi connectivity index (χ3n) is 3.12. The predicted molar refractivity (Wildman–Crippen MR) is 69.1 cm³/mol. The Kier molecular flexibility index (Phi) is 4.30. The normalized spacial score (nSPS) is 15.8. The Morgan fingerprint density at radius 3 is 2.24 bits per heavy atom. The summed E-state index contributed by atoms with van der Waals surface area (Å²) in [6.07, 6.45) is 0. The molecule has 1 rings (SSSR count). The van der Waals surface area contributed by atoms with Crippen molar-refractivity contribution in [2.24, 2.45) is 11.7 Å². The Labute approximate surface area is 103 Å². The summed E-state index contributed by atoms with van der Waals surface area (Å²) >= 11 is 0. The maximum atomic E-state index is 12.1. The first kappa shape index (κ1) is 14.2. The molecule has 0 fully saturated rings. The average molecular weight is 256 g/mol. The quantitative estimate of drug-likeness (QED) is 0.835. The van der Waals surface area contributed by atoms with Crippen molar-refractivity contribution >= 4 is 10.0 Å². The number of rotatable bonds is 5. The van der Waals surface area contributed by atoms with Crippen LogP contribution in [-0.2, 0) is 10.0 Å². The highest BCUT2D eigenvalue weighted by molar-refractivity contribution is 7.89. The summed E-state index contributed by atoms with van der Waals surface area (Å²) < 4.78 is 27.0. The first-order valence-corrected chi connectivity index (χ1v) is 7.09. The molecular weight excluding hydrogens is 236 g/mol. The lowest BCUT2D eigenvalue weighted by molar-refractivity contribution is 0.315. The molecule has 0 aliphatic carbocycles. The van der Waals surface area contributed by atoms with Crippen molar-refractivity contribution in [3.63, 3.8) is 0 Å². The van der Waals surface area contributed by atoms with E-state index in [1.54, 1.807) is 30.3 Å². The van der Waals surface area contributed by atoms with Gasteiger partial charge in [0.1, 0.15) is 0 Å². The van der Waals surface area contributed by atoms with Crippen LogP contribution in [0.1, 0.15) is 20.8 Å². The molecule has 0 saturated carbocycles. The van der Waals surface area contributed by atoms with Gasteiger partial charge in [-0.15, -0.1) is 0 Å². The van der Waals surface area contributed by atoms with Crippen LogP contribution in [0.25, 0.3) is 0 Å². The van der Waals surface area contributed by atoms with Crippen LogP contribution in [0.3, 0.4) is 0 Å². The standard InChI is InChI=1S/C12H20N2O2S/c1-10(2)12(3,9-13)14-17(15,16)11-7-5-4-6-8-11/h4-8,10,14H,9,13H2,1-3H3. The predicted octanol–water partition coefficient (Wildman–Crippen LogP) is 1.34. The van der Waals surface area contributed by atoms with E-state index in [9.17, 15) is 8.42 Å². The molecule has 4 nitrogen and oxygen atoms in total. The number of sulfonamides is 1. The minimum atomic E-state index is -3.51. The topological polar surface area (TPSA) is 72.2 Å². The second-order valence-electron chi connectivity index (χ2n) is 4.69. The van der Waals surface area contributed by atoms with Gasteiger partial charge in [0, 0.05) is 12.1 Å². The monoisotopic (exact) mass is 256 g/mol. The average Bonchev–Trinajstić information content (AvgIpc) is 2.29. The third kappa shape index (κ3) is 3.28. The highest BCUT2D eigenvalue weighted by Crippen LogP contribution is 2.19. The number of benzene rings is 1. The van der Waals surface area contributed by atoms with Gasteiger partial charge >= 0.3 is 0 Å². The molecular formula is C12H20N2O2S. The highest BCUT2D eigenvalue weighted by atomic mass is 32.2. The zero-order chi connectivity index (χ0) is 13.1. The molecule has 96 valence electrons. The molecule has 1 aromatic rings. The van der Waals surface area contributed by atoms with Gasteiger partial charge in [0.2, 0.25) is 10.0 Å². The number of hydrogen-bond donors (Lipinski definition) is 2. The molecule has 0 spiro atoms. The molecule has 1 unspecified atom stereocenters. The van der Waals surface area contributed by atoms with Crippen LogP contribution in [0, 0.1) is 5.92 Å². The minimum absolute atomic E-state index is 0.117. The number of hydrogen-bond acceptors (Lipinski definition) is 3. The van der Waals surface area contributed by atoms with Gasteiger partial charge in [-0.25, -0.2) is 13.1 Å². The summed E-state index contributed by atoms with van der Waals surface area (Å²) in [5, 5.41) is 0. The van der Waals surface area contributed by atoms with E-state index in [0.717, 1.165) is 0 Å². The van der Waals surface area contributed by atoms with E-state index in [-0.39, 0.29) is 17.4 Å². The van der Waals surface area contributed by atoms with Crippen LogP contribution in [0.4, 0.5) is 0 Å². The van der Waals surface area contributed by atoms with E-state index < -0.39 is 15.6 Å². The Morgan fingerprint density at radius 2 is 1.82 bits per heavy atom. The largest absolute Gasteiger partial charge is 0.329 e. The smallest absolute Gasteiger partial charge is 0.241 e. The van der Waals surface area contributed by atoms with Crippen LogP contribution in [-0.4, -0.2) is 20.5 Å². The summed E-state index contributed by atoms with van der Waals surface area (Å²) in [7, 11) is -3.51. The van der Waals surface area contributed by atoms with Gasteiger partial charge in [0.15, 0.2) is 0 Å². The summed E-state index contributed by atoms with van der Waals surface area (Å²) in [4.78, 5) is 0.264. The van der Waals surface area contributed by atoms with E-state index in [1.807, 2.05) is 20.8 Å². The van der Waals surface area contributed by atoms with E-state index >= 15 is 0 Å². The van der Waals surface area contributed by atoms with Crippen LogP contribution in [0.15, 0.2) is 35.2 Å². The summed E-state index contributed by atoms with van der Waals surface area (Å²) in [5.41, 5.74) is 5.04. The van der Waals surface area contributed by atoms with Gasteiger partial charge < -0.3 is 5.73 Å². The van der Waals surface area contributed by atoms with Crippen molar-refractivity contribution in [1.82, 2.24) is 4.72 Å². The zero-order valence-corrected chi connectivity index (χ0v) is 11.3. The minimum Gasteiger partial charge on any atom is -0.329 e. The van der Waals surface area contributed by atoms with Crippen molar-refractivity contribution in [2.75, 3.05) is 6.54 Å². The fourth-order valence-corrected chi connectivity index (χ4v) is 2.93. The van der Waals surface area contributed by atoms with Crippen molar-refractivity contribution in [3.8, 4) is 0 Å². The Balaban J connectivity index is 3.02. The molecule has 1 aromatic carbocycles. The third-order valence-corrected chi connectivity index (χ3v) is 4.75. The Morgan fingerprint density at radius 1 is 1.29 bits per heavy atom. The highest BCUT2D eigenvalue weighted by Gasteiger charge is 2.32. The van der Waals surface area contributed by atoms with Crippen molar-refractivity contribution < 1.29 is 8.42 Å². The lowest BCUT2D eigenvalue weighted by atomic mass is 9.90. The number of nitrogens with one attached hydrogen (secondary N) is 1. The van der Waals surface area contributed by atoms with Crippen molar-refractivity contribution in [2.45, 2.75) is 31.2 Å². The maximum absolute atomic E-state index is 12.1. The molecule has 5 heteroatoms. The first-order valence-electron chi connectivity index (χ1n) is 5.61. The molecule has 17 heavy (non-hydrogen) atoms. The molecule has 0 bridgehead atoms. The first-order chi connectivity index (χ1) is 7.82. The molecule has 0 aromatic heterocycles. The van der Waals surface area contributed by atoms with Gasteiger partial charge in [-0.2, -0.15) is 0 Å². The summed E-state index contributed by atoms with van der Waals surface area (Å²) in [5.74, 6) is 0.117. The maximum Gasteiger partial charge on any atom is 0.241 e. The molecule has 0 heterocycles. The van der Waals surface area contributed by atoms with Gasteiger partial charge in [0.05, 0.1) is 4.90 Å². The second-order valence-corrected chi connectivity index (χ2v) is 6.38. The second kappa shape index (κ2) is 5.16. The van der Waals surface area contributed by atoms with Crippen LogP contribution in [0.2, 0.25) is 0 Å². The lowest BCUT2D eigenvalue weighted by Crippen LogP contribution is -2.54. The van der Waals surface area contributed by atoms with Gasteiger partial charge in [0.25, 0.3) is 0 Å². The fraction of sp³-hybridized carbons (Fsp3) is 0.500. The van der Waals surface area contributed by atoms with Gasteiger partial charge in [-0.3, -0.25) is 0 Å². The van der Waals surface area contributed by atoms with Crippen molar-refractivity contribution in [3.05, 3.63) is 30.3 Å². The van der Waals surface area contributed by atoms with E-state index in [0.29, 0.717) is 0 Å². The van der Waals surface area contributed by atoms with Crippen molar-refractivity contribution in [1.29, 1.82) is 0 Å². The molecule has 1 atom stereocenters. The van der Waals surface area contributed by atoms with Crippen LogP contribution >= 0.6 is 0 Å². The van der Waals surface area contributed by atoms with Gasteiger partial charge in [-0.1, -0.05) is 32.0 Å². The molecule has 0 aliphatic heterocycles. The Bertz CT molecular complexity index is 457. The molecule has 0 radical (unpaired) electrons. The molecule has 3 N–H and O–H groups in total. The Hall–Kier alpha value is -0.910. The van der Waals surface area contributed by atoms with E-state index in [2.05, 4.69) is 4.72 Å². The summed E-state index contributed by atoms with van der Waals surface area (Å²) in [6.45, 7) is 5.97. The number of nitrogens with two attached hydrogens (primary N) is 1. The molecule has 0 amide bonds. The molecule has 0 saturated heterocycles. The zero-order valence-electron chi connectivity index (χ0n) is 10.5.